The molecule has 2 fully saturated rings. The van der Waals surface area contributed by atoms with Crippen LogP contribution in [0, 0.1) is 5.82 Å². The quantitative estimate of drug-likeness (QED) is 0.895. The van der Waals surface area contributed by atoms with Crippen LogP contribution in [-0.2, 0) is 18.3 Å². The Bertz CT molecular complexity index is 802. The third-order valence-electron chi connectivity index (χ3n) is 4.98. The van der Waals surface area contributed by atoms with Crippen LogP contribution in [0.15, 0.2) is 18.6 Å². The Balaban J connectivity index is 1.68. The van der Waals surface area contributed by atoms with Gasteiger partial charge in [0, 0.05) is 25.7 Å². The van der Waals surface area contributed by atoms with Crippen molar-refractivity contribution >= 4 is 11.7 Å². The van der Waals surface area contributed by atoms with E-state index in [2.05, 4.69) is 20.4 Å². The van der Waals surface area contributed by atoms with Crippen molar-refractivity contribution in [2.75, 3.05) is 5.32 Å². The number of carbonyl (C=O) groups excluding carboxylic acids is 1. The highest BCUT2D eigenvalue weighted by molar-refractivity contribution is 5.81. The van der Waals surface area contributed by atoms with Crippen LogP contribution in [0.3, 0.4) is 0 Å². The number of carbonyl (C=O) groups is 1. The Hall–Kier alpha value is -2.51. The summed E-state index contributed by atoms with van der Waals surface area (Å²) >= 11 is 0. The highest BCUT2D eigenvalue weighted by Gasteiger charge is 2.48. The van der Waals surface area contributed by atoms with Crippen LogP contribution >= 0.6 is 0 Å². The molecule has 4 rings (SSSR count). The summed E-state index contributed by atoms with van der Waals surface area (Å²) in [5, 5.41) is 7.40. The van der Waals surface area contributed by atoms with Crippen molar-refractivity contribution in [2.24, 2.45) is 7.05 Å². The Kier molecular flexibility index (Phi) is 3.89. The standard InChI is InChI=1S/C17H21FN6O/c1-3-11-15(18)17(20-9-19-11)22-12-8-14(25)24(10-4-5-10)16(12)13-6-7-21-23(13)2/h6-7,9-10,12,16H,3-5,8H2,1-2H3,(H,19,20,22)/t12-,16-/m1/s1. The van der Waals surface area contributed by atoms with E-state index in [0.717, 1.165) is 18.5 Å². The Morgan fingerprint density at radius 3 is 2.80 bits per heavy atom. The molecule has 8 heteroatoms. The molecular weight excluding hydrogens is 323 g/mol. The number of rotatable bonds is 5. The van der Waals surface area contributed by atoms with Gasteiger partial charge in [-0.1, -0.05) is 6.92 Å². The first-order chi connectivity index (χ1) is 12.1. The molecule has 3 heterocycles. The molecule has 1 saturated carbocycles. The summed E-state index contributed by atoms with van der Waals surface area (Å²) in [4.78, 5) is 22.6. The van der Waals surface area contributed by atoms with Gasteiger partial charge in [-0.3, -0.25) is 9.48 Å². The predicted molar refractivity (Wildman–Crippen MR) is 89.2 cm³/mol. The van der Waals surface area contributed by atoms with Gasteiger partial charge in [0.25, 0.3) is 0 Å². The van der Waals surface area contributed by atoms with E-state index in [1.54, 1.807) is 10.9 Å². The molecule has 0 aromatic carbocycles. The SMILES string of the molecule is CCc1ncnc(N[C@@H]2CC(=O)N(C3CC3)[C@H]2c2ccnn2C)c1F. The van der Waals surface area contributed by atoms with E-state index in [9.17, 15) is 9.18 Å². The van der Waals surface area contributed by atoms with Gasteiger partial charge in [0.2, 0.25) is 5.91 Å². The maximum atomic E-state index is 14.5. The van der Waals surface area contributed by atoms with Crippen molar-refractivity contribution in [3.05, 3.63) is 35.8 Å². The smallest absolute Gasteiger partial charge is 0.225 e. The summed E-state index contributed by atoms with van der Waals surface area (Å²) in [5.74, 6) is -0.183. The fourth-order valence-electron chi connectivity index (χ4n) is 3.62. The largest absolute Gasteiger partial charge is 0.362 e. The van der Waals surface area contributed by atoms with E-state index < -0.39 is 5.82 Å². The molecule has 0 unspecified atom stereocenters. The molecule has 1 aliphatic carbocycles. The van der Waals surface area contributed by atoms with E-state index >= 15 is 0 Å². The molecule has 2 aromatic heterocycles. The number of nitrogens with one attached hydrogen (secondary N) is 1. The zero-order valence-corrected chi connectivity index (χ0v) is 14.3. The van der Waals surface area contributed by atoms with Gasteiger partial charge in [-0.15, -0.1) is 0 Å². The number of nitrogens with zero attached hydrogens (tertiary/aromatic N) is 5. The number of aromatic nitrogens is 4. The summed E-state index contributed by atoms with van der Waals surface area (Å²) in [6, 6.07) is 1.77. The van der Waals surface area contributed by atoms with Gasteiger partial charge in [0.1, 0.15) is 6.33 Å². The van der Waals surface area contributed by atoms with Gasteiger partial charge < -0.3 is 10.2 Å². The molecule has 0 radical (unpaired) electrons. The topological polar surface area (TPSA) is 75.9 Å². The first kappa shape index (κ1) is 16.0. The van der Waals surface area contributed by atoms with Gasteiger partial charge >= 0.3 is 0 Å². The molecule has 25 heavy (non-hydrogen) atoms. The average molecular weight is 344 g/mol. The second kappa shape index (κ2) is 6.09. The normalized spacial score (nSPS) is 23.3. The monoisotopic (exact) mass is 344 g/mol. The van der Waals surface area contributed by atoms with Gasteiger partial charge in [0.15, 0.2) is 11.6 Å². The molecule has 1 amide bonds. The van der Waals surface area contributed by atoms with Crippen LogP contribution in [0.5, 0.6) is 0 Å². The Labute approximate surface area is 145 Å². The van der Waals surface area contributed by atoms with E-state index in [1.807, 2.05) is 24.9 Å². The summed E-state index contributed by atoms with van der Waals surface area (Å²) < 4.78 is 16.3. The van der Waals surface area contributed by atoms with Crippen LogP contribution in [0.1, 0.15) is 43.6 Å². The summed E-state index contributed by atoms with van der Waals surface area (Å²) in [7, 11) is 1.86. The van der Waals surface area contributed by atoms with Gasteiger partial charge in [0.05, 0.1) is 23.5 Å². The van der Waals surface area contributed by atoms with Crippen molar-refractivity contribution in [3.8, 4) is 0 Å². The van der Waals surface area contributed by atoms with Gasteiger partial charge in [-0.25, -0.2) is 14.4 Å². The van der Waals surface area contributed by atoms with Crippen molar-refractivity contribution in [1.29, 1.82) is 0 Å². The van der Waals surface area contributed by atoms with E-state index in [-0.39, 0.29) is 29.9 Å². The summed E-state index contributed by atoms with van der Waals surface area (Å²) in [6.07, 6.45) is 5.94. The molecule has 1 aliphatic heterocycles. The van der Waals surface area contributed by atoms with Crippen molar-refractivity contribution in [2.45, 2.75) is 50.7 Å². The lowest BCUT2D eigenvalue weighted by atomic mass is 10.1. The van der Waals surface area contributed by atoms with Crippen molar-refractivity contribution in [3.63, 3.8) is 0 Å². The lowest BCUT2D eigenvalue weighted by molar-refractivity contribution is -0.129. The summed E-state index contributed by atoms with van der Waals surface area (Å²) in [6.45, 7) is 1.85. The lowest BCUT2D eigenvalue weighted by Crippen LogP contribution is -2.35. The Morgan fingerprint density at radius 1 is 1.36 bits per heavy atom. The lowest BCUT2D eigenvalue weighted by Gasteiger charge is -2.29. The summed E-state index contributed by atoms with van der Waals surface area (Å²) in [5.41, 5.74) is 1.32. The molecule has 132 valence electrons. The zero-order valence-electron chi connectivity index (χ0n) is 14.3. The minimum absolute atomic E-state index is 0.0939. The van der Waals surface area contributed by atoms with E-state index in [0.29, 0.717) is 18.5 Å². The molecule has 2 aromatic rings. The maximum Gasteiger partial charge on any atom is 0.225 e. The zero-order chi connectivity index (χ0) is 17.6. The first-order valence-electron chi connectivity index (χ1n) is 8.65. The van der Waals surface area contributed by atoms with E-state index in [1.165, 1.54) is 6.33 Å². The van der Waals surface area contributed by atoms with Gasteiger partial charge in [-0.2, -0.15) is 5.10 Å². The molecule has 2 aliphatic rings. The third kappa shape index (κ3) is 2.75. The Morgan fingerprint density at radius 2 is 2.16 bits per heavy atom. The first-order valence-corrected chi connectivity index (χ1v) is 8.65. The predicted octanol–water partition coefficient (Wildman–Crippen LogP) is 1.83. The van der Waals surface area contributed by atoms with Crippen LogP contribution in [0.4, 0.5) is 10.2 Å². The third-order valence-corrected chi connectivity index (χ3v) is 4.98. The molecular formula is C17H21FN6O. The van der Waals surface area contributed by atoms with Crippen LogP contribution in [-0.4, -0.2) is 42.6 Å². The molecule has 0 spiro atoms. The fourth-order valence-corrected chi connectivity index (χ4v) is 3.62. The molecule has 1 N–H and O–H groups in total. The van der Waals surface area contributed by atoms with Crippen molar-refractivity contribution in [1.82, 2.24) is 24.6 Å². The number of anilines is 1. The van der Waals surface area contributed by atoms with E-state index in [4.69, 9.17) is 0 Å². The van der Waals surface area contributed by atoms with Crippen LogP contribution in [0.25, 0.3) is 0 Å². The highest BCUT2D eigenvalue weighted by Crippen LogP contribution is 2.42. The molecule has 7 nitrogen and oxygen atoms in total. The number of likely N-dealkylation sites (tertiary alicyclic amines) is 1. The van der Waals surface area contributed by atoms with Crippen molar-refractivity contribution < 1.29 is 9.18 Å². The number of aryl methyl sites for hydroxylation is 2. The minimum atomic E-state index is -0.439. The number of amides is 1. The second-order valence-electron chi connectivity index (χ2n) is 6.65. The van der Waals surface area contributed by atoms with Crippen LogP contribution < -0.4 is 5.32 Å². The van der Waals surface area contributed by atoms with Crippen LogP contribution in [0.2, 0.25) is 0 Å². The highest BCUT2D eigenvalue weighted by atomic mass is 19.1. The molecule has 0 bridgehead atoms. The second-order valence-corrected chi connectivity index (χ2v) is 6.65. The number of halogens is 1. The minimum Gasteiger partial charge on any atom is -0.362 e. The number of hydrogen-bond donors (Lipinski definition) is 1. The van der Waals surface area contributed by atoms with Gasteiger partial charge in [-0.05, 0) is 25.3 Å². The maximum absolute atomic E-state index is 14.5. The fraction of sp³-hybridized carbons (Fsp3) is 0.529. The number of hydrogen-bond acceptors (Lipinski definition) is 5. The average Bonchev–Trinajstić information content (AvgIpc) is 3.26. The molecule has 1 saturated heterocycles. The molecule has 2 atom stereocenters.